The number of fused-ring (bicyclic) bond motifs is 1. The predicted molar refractivity (Wildman–Crippen MR) is 98.7 cm³/mol. The molecular formula is C17H27N5O3S. The summed E-state index contributed by atoms with van der Waals surface area (Å²) in [5.74, 6) is 0.645. The van der Waals surface area contributed by atoms with Crippen molar-refractivity contribution in [3.63, 3.8) is 0 Å². The summed E-state index contributed by atoms with van der Waals surface area (Å²) < 4.78 is 7.57. The summed E-state index contributed by atoms with van der Waals surface area (Å²) in [7, 11) is 1.74. The highest BCUT2D eigenvalue weighted by molar-refractivity contribution is 7.99. The summed E-state index contributed by atoms with van der Waals surface area (Å²) in [5.41, 5.74) is -0.274. The molecule has 0 radical (unpaired) electrons. The van der Waals surface area contributed by atoms with Crippen LogP contribution in [0.25, 0.3) is 0 Å². The van der Waals surface area contributed by atoms with Gasteiger partial charge < -0.3 is 15.0 Å². The molecule has 1 N–H and O–H groups in total. The van der Waals surface area contributed by atoms with E-state index in [9.17, 15) is 9.59 Å². The highest BCUT2D eigenvalue weighted by Gasteiger charge is 2.52. The smallest absolute Gasteiger partial charge is 0.230 e. The first-order valence-corrected chi connectivity index (χ1v) is 10.4. The molecule has 2 amide bonds. The van der Waals surface area contributed by atoms with E-state index in [1.54, 1.807) is 18.1 Å². The summed E-state index contributed by atoms with van der Waals surface area (Å²) in [6.07, 6.45) is 8.77. The van der Waals surface area contributed by atoms with Crippen LogP contribution in [0.5, 0.6) is 0 Å². The van der Waals surface area contributed by atoms with Crippen molar-refractivity contribution in [2.24, 2.45) is 0 Å². The fourth-order valence-corrected chi connectivity index (χ4v) is 4.57. The zero-order chi connectivity index (χ0) is 18.6. The first-order chi connectivity index (χ1) is 12.6. The van der Waals surface area contributed by atoms with Crippen LogP contribution >= 0.6 is 11.8 Å². The van der Waals surface area contributed by atoms with E-state index in [1.165, 1.54) is 18.1 Å². The van der Waals surface area contributed by atoms with E-state index >= 15 is 0 Å². The third-order valence-corrected chi connectivity index (χ3v) is 6.12. The van der Waals surface area contributed by atoms with Crippen molar-refractivity contribution < 1.29 is 14.3 Å². The number of likely N-dealkylation sites (tertiary alicyclic amines) is 1. The Bertz CT molecular complexity index is 626. The number of methoxy groups -OCH3 is 1. The van der Waals surface area contributed by atoms with Gasteiger partial charge in [0.15, 0.2) is 0 Å². The first kappa shape index (κ1) is 19.2. The molecule has 0 bridgehead atoms. The Hall–Kier alpha value is -1.61. The second-order valence-corrected chi connectivity index (χ2v) is 7.87. The number of amides is 2. The largest absolute Gasteiger partial charge is 0.376 e. The normalized spacial score (nSPS) is 28.0. The van der Waals surface area contributed by atoms with E-state index in [-0.39, 0.29) is 29.5 Å². The number of hydrogen-bond donors (Lipinski definition) is 1. The maximum Gasteiger partial charge on any atom is 0.230 e. The molecule has 8 nitrogen and oxygen atoms in total. The van der Waals surface area contributed by atoms with Gasteiger partial charge in [0.25, 0.3) is 0 Å². The fraction of sp³-hybridized carbons (Fsp3) is 0.765. The number of ether oxygens (including phenoxy) is 1. The van der Waals surface area contributed by atoms with Gasteiger partial charge in [-0.15, -0.1) is 0 Å². The molecule has 26 heavy (non-hydrogen) atoms. The standard InChI is InChI=1S/C17H27N5O3S/c1-25-17-5-3-13(20-15(23)10-26-2)9-14(17)22(8-6-17)16(24)4-7-21-12-18-11-19-21/h11-14H,3-10H2,1-2H3,(H,20,23)/t13-,14+,17-/m1/s1. The summed E-state index contributed by atoms with van der Waals surface area (Å²) in [6, 6.07) is 0.121. The number of nitrogens with zero attached hydrogens (tertiary/aromatic N) is 4. The second-order valence-electron chi connectivity index (χ2n) is 7.00. The van der Waals surface area contributed by atoms with Gasteiger partial charge in [0.05, 0.1) is 23.9 Å². The minimum Gasteiger partial charge on any atom is -0.376 e. The number of carbonyl (C=O) groups is 2. The van der Waals surface area contributed by atoms with Crippen LogP contribution < -0.4 is 5.32 Å². The third kappa shape index (κ3) is 4.03. The van der Waals surface area contributed by atoms with E-state index in [1.807, 2.05) is 11.2 Å². The van der Waals surface area contributed by atoms with Crippen LogP contribution in [0.1, 0.15) is 32.1 Å². The maximum atomic E-state index is 12.8. The van der Waals surface area contributed by atoms with Crippen LogP contribution in [-0.4, -0.2) is 74.8 Å². The minimum atomic E-state index is -0.274. The Balaban J connectivity index is 1.63. The lowest BCUT2D eigenvalue weighted by atomic mass is 9.78. The van der Waals surface area contributed by atoms with Gasteiger partial charge in [-0.05, 0) is 31.9 Å². The van der Waals surface area contributed by atoms with Crippen LogP contribution in [0, 0.1) is 0 Å². The molecule has 1 aliphatic carbocycles. The van der Waals surface area contributed by atoms with E-state index in [2.05, 4.69) is 15.4 Å². The lowest BCUT2D eigenvalue weighted by molar-refractivity contribution is -0.138. The maximum absolute atomic E-state index is 12.8. The van der Waals surface area contributed by atoms with E-state index in [0.717, 1.165) is 25.7 Å². The lowest BCUT2D eigenvalue weighted by Gasteiger charge is -2.43. The molecular weight excluding hydrogens is 354 g/mol. The molecule has 2 aliphatic rings. The highest BCUT2D eigenvalue weighted by atomic mass is 32.2. The molecule has 0 aromatic carbocycles. The molecule has 2 heterocycles. The lowest BCUT2D eigenvalue weighted by Crippen LogP contribution is -2.56. The summed E-state index contributed by atoms with van der Waals surface area (Å²) in [5, 5.41) is 7.16. The monoisotopic (exact) mass is 381 g/mol. The van der Waals surface area contributed by atoms with Crippen molar-refractivity contribution in [1.29, 1.82) is 0 Å². The number of rotatable bonds is 7. The molecule has 2 fully saturated rings. The molecule has 1 saturated heterocycles. The third-order valence-electron chi connectivity index (χ3n) is 5.57. The number of carbonyl (C=O) groups excluding carboxylic acids is 2. The van der Waals surface area contributed by atoms with Crippen molar-refractivity contribution >= 4 is 23.6 Å². The fourth-order valence-electron chi connectivity index (χ4n) is 4.23. The van der Waals surface area contributed by atoms with Crippen LogP contribution in [0.3, 0.4) is 0 Å². The van der Waals surface area contributed by atoms with Gasteiger partial charge in [0.2, 0.25) is 11.8 Å². The molecule has 1 aromatic rings. The minimum absolute atomic E-state index is 0.0177. The molecule has 0 unspecified atom stereocenters. The molecule has 1 aromatic heterocycles. The van der Waals surface area contributed by atoms with Crippen molar-refractivity contribution in [2.75, 3.05) is 25.7 Å². The van der Waals surface area contributed by atoms with Crippen LogP contribution in [0.15, 0.2) is 12.7 Å². The van der Waals surface area contributed by atoms with E-state index < -0.39 is 0 Å². The molecule has 0 spiro atoms. The number of hydrogen-bond acceptors (Lipinski definition) is 6. The number of aromatic nitrogens is 3. The van der Waals surface area contributed by atoms with Gasteiger partial charge in [-0.1, -0.05) is 0 Å². The molecule has 1 aliphatic heterocycles. The SMILES string of the molecule is CO[C@@]12CC[C@@H](NC(=O)CSC)C[C@@H]1N(C(=O)CCn1cncn1)CC2. The van der Waals surface area contributed by atoms with Crippen molar-refractivity contribution in [3.8, 4) is 0 Å². The van der Waals surface area contributed by atoms with Crippen molar-refractivity contribution in [3.05, 3.63) is 12.7 Å². The summed E-state index contributed by atoms with van der Waals surface area (Å²) in [4.78, 5) is 30.6. The van der Waals surface area contributed by atoms with Gasteiger partial charge in [0, 0.05) is 26.1 Å². The molecule has 9 heteroatoms. The average Bonchev–Trinajstić information content (AvgIpc) is 3.28. The van der Waals surface area contributed by atoms with Crippen LogP contribution in [-0.2, 0) is 20.9 Å². The number of nitrogens with one attached hydrogen (secondary N) is 1. The van der Waals surface area contributed by atoms with Crippen LogP contribution in [0.2, 0.25) is 0 Å². The van der Waals surface area contributed by atoms with Gasteiger partial charge in [0.1, 0.15) is 12.7 Å². The zero-order valence-corrected chi connectivity index (χ0v) is 16.2. The van der Waals surface area contributed by atoms with E-state index in [4.69, 9.17) is 4.74 Å². The Morgan fingerprint density at radius 2 is 2.27 bits per heavy atom. The Labute approximate surface area is 158 Å². The Morgan fingerprint density at radius 1 is 1.42 bits per heavy atom. The van der Waals surface area contributed by atoms with E-state index in [0.29, 0.717) is 25.3 Å². The molecule has 144 valence electrons. The second kappa shape index (κ2) is 8.39. The Kier molecular flexibility index (Phi) is 6.18. The summed E-state index contributed by atoms with van der Waals surface area (Å²) >= 11 is 1.52. The zero-order valence-electron chi connectivity index (χ0n) is 15.4. The predicted octanol–water partition coefficient (Wildman–Crippen LogP) is 0.686. The molecule has 3 rings (SSSR count). The average molecular weight is 382 g/mol. The molecule has 1 saturated carbocycles. The number of thioether (sulfide) groups is 1. The van der Waals surface area contributed by atoms with Crippen molar-refractivity contribution in [1.82, 2.24) is 25.0 Å². The van der Waals surface area contributed by atoms with Crippen molar-refractivity contribution in [2.45, 2.75) is 56.3 Å². The Morgan fingerprint density at radius 3 is 2.96 bits per heavy atom. The van der Waals surface area contributed by atoms with Gasteiger partial charge in [-0.2, -0.15) is 16.9 Å². The first-order valence-electron chi connectivity index (χ1n) is 9.03. The van der Waals surface area contributed by atoms with Gasteiger partial charge in [-0.25, -0.2) is 4.98 Å². The summed E-state index contributed by atoms with van der Waals surface area (Å²) in [6.45, 7) is 1.23. The quantitative estimate of drug-likeness (QED) is 0.747. The van der Waals surface area contributed by atoms with Gasteiger partial charge in [-0.3, -0.25) is 14.3 Å². The topological polar surface area (TPSA) is 89.4 Å². The highest BCUT2D eigenvalue weighted by Crippen LogP contribution is 2.42. The van der Waals surface area contributed by atoms with Gasteiger partial charge >= 0.3 is 0 Å². The molecule has 3 atom stereocenters. The van der Waals surface area contributed by atoms with Crippen LogP contribution in [0.4, 0.5) is 0 Å². The number of aryl methyl sites for hydroxylation is 1.